The normalized spacial score (nSPS) is 11.6. The van der Waals surface area contributed by atoms with Crippen LogP contribution >= 0.6 is 11.3 Å². The van der Waals surface area contributed by atoms with Gasteiger partial charge in [0, 0.05) is 10.4 Å². The molecular formula is C12H13NO2S2. The Morgan fingerprint density at radius 3 is 2.47 bits per heavy atom. The van der Waals surface area contributed by atoms with E-state index in [0.717, 1.165) is 16.1 Å². The Morgan fingerprint density at radius 1 is 1.24 bits per heavy atom. The number of nitrogens with zero attached hydrogens (tertiary/aromatic N) is 1. The van der Waals surface area contributed by atoms with Gasteiger partial charge in [0.25, 0.3) is 0 Å². The van der Waals surface area contributed by atoms with Crippen molar-refractivity contribution in [2.75, 3.05) is 5.75 Å². The molecule has 0 radical (unpaired) electrons. The topological polar surface area (TPSA) is 47.0 Å². The van der Waals surface area contributed by atoms with Crippen molar-refractivity contribution >= 4 is 21.2 Å². The van der Waals surface area contributed by atoms with Crippen molar-refractivity contribution in [3.05, 3.63) is 35.2 Å². The minimum Gasteiger partial charge on any atom is -0.225 e. The minimum atomic E-state index is -3.20. The zero-order chi connectivity index (χ0) is 12.5. The number of benzene rings is 1. The van der Waals surface area contributed by atoms with E-state index in [-0.39, 0.29) is 10.1 Å². The number of rotatable bonds is 3. The van der Waals surface area contributed by atoms with Crippen molar-refractivity contribution in [1.82, 2.24) is 4.98 Å². The largest absolute Gasteiger partial charge is 0.225 e. The Labute approximate surface area is 105 Å². The molecule has 0 bridgehead atoms. The maximum absolute atomic E-state index is 11.7. The molecule has 1 aromatic heterocycles. The number of hydrogen-bond acceptors (Lipinski definition) is 4. The predicted octanol–water partition coefficient (Wildman–Crippen LogP) is 2.91. The van der Waals surface area contributed by atoms with E-state index in [9.17, 15) is 8.42 Å². The molecule has 5 heteroatoms. The molecule has 0 spiro atoms. The number of aryl methyl sites for hydroxylation is 1. The maximum Gasteiger partial charge on any atom is 0.210 e. The predicted molar refractivity (Wildman–Crippen MR) is 70.0 cm³/mol. The number of aromatic nitrogens is 1. The molecule has 0 fully saturated rings. The molecule has 0 aliphatic carbocycles. The van der Waals surface area contributed by atoms with Crippen LogP contribution in [0.5, 0.6) is 0 Å². The van der Waals surface area contributed by atoms with Crippen LogP contribution in [0.15, 0.2) is 34.7 Å². The highest BCUT2D eigenvalue weighted by molar-refractivity contribution is 7.93. The maximum atomic E-state index is 11.7. The molecule has 0 atom stereocenters. The van der Waals surface area contributed by atoms with Crippen molar-refractivity contribution in [1.29, 1.82) is 0 Å². The lowest BCUT2D eigenvalue weighted by molar-refractivity contribution is 0.596. The van der Waals surface area contributed by atoms with Gasteiger partial charge in [-0.15, -0.1) is 11.3 Å². The molecule has 0 N–H and O–H groups in total. The summed E-state index contributed by atoms with van der Waals surface area (Å²) in [6.07, 6.45) is 0. The van der Waals surface area contributed by atoms with Crippen LogP contribution in [-0.4, -0.2) is 19.2 Å². The van der Waals surface area contributed by atoms with Crippen molar-refractivity contribution in [2.24, 2.45) is 0 Å². The molecule has 90 valence electrons. The van der Waals surface area contributed by atoms with Crippen LogP contribution in [0.2, 0.25) is 0 Å². The molecule has 2 rings (SSSR count). The van der Waals surface area contributed by atoms with E-state index >= 15 is 0 Å². The number of sulfone groups is 1. The molecule has 0 amide bonds. The summed E-state index contributed by atoms with van der Waals surface area (Å²) in [4.78, 5) is 5.19. The van der Waals surface area contributed by atoms with Crippen molar-refractivity contribution < 1.29 is 8.42 Å². The average Bonchev–Trinajstić information content (AvgIpc) is 2.73. The van der Waals surface area contributed by atoms with E-state index in [4.69, 9.17) is 0 Å². The van der Waals surface area contributed by atoms with Gasteiger partial charge in [-0.1, -0.05) is 37.3 Å². The van der Waals surface area contributed by atoms with Crippen LogP contribution in [-0.2, 0) is 9.84 Å². The Bertz CT molecular complexity index is 615. The molecule has 17 heavy (non-hydrogen) atoms. The molecule has 1 heterocycles. The summed E-state index contributed by atoms with van der Waals surface area (Å²) in [5, 5.41) is 0. The monoisotopic (exact) mass is 267 g/mol. The third-order valence-corrected chi connectivity index (χ3v) is 5.63. The fraction of sp³-hybridized carbons (Fsp3) is 0.250. The van der Waals surface area contributed by atoms with Gasteiger partial charge in [-0.2, -0.15) is 0 Å². The van der Waals surface area contributed by atoms with Crippen LogP contribution in [0.3, 0.4) is 0 Å². The Kier molecular flexibility index (Phi) is 3.31. The Hall–Kier alpha value is -1.20. The standard InChI is InChI=1S/C12H13NO2S2/c1-3-17(14,15)12-13-11(9(2)16-12)10-7-5-4-6-8-10/h4-8H,3H2,1-2H3. The molecule has 0 saturated heterocycles. The molecule has 1 aromatic carbocycles. The van der Waals surface area contributed by atoms with E-state index in [1.54, 1.807) is 6.92 Å². The van der Waals surface area contributed by atoms with Crippen molar-refractivity contribution in [3.63, 3.8) is 0 Å². The quantitative estimate of drug-likeness (QED) is 0.859. The zero-order valence-corrected chi connectivity index (χ0v) is 11.3. The third-order valence-electron chi connectivity index (χ3n) is 2.47. The molecule has 0 aliphatic heterocycles. The summed E-state index contributed by atoms with van der Waals surface area (Å²) in [7, 11) is -3.20. The first-order chi connectivity index (χ1) is 8.04. The number of hydrogen-bond donors (Lipinski definition) is 0. The summed E-state index contributed by atoms with van der Waals surface area (Å²) < 4.78 is 23.7. The SMILES string of the molecule is CCS(=O)(=O)c1nc(-c2ccccc2)c(C)s1. The van der Waals surface area contributed by atoms with Gasteiger partial charge in [-0.3, -0.25) is 0 Å². The molecular weight excluding hydrogens is 254 g/mol. The van der Waals surface area contributed by atoms with Crippen LogP contribution in [0, 0.1) is 6.92 Å². The molecule has 2 aromatic rings. The lowest BCUT2D eigenvalue weighted by atomic mass is 10.1. The van der Waals surface area contributed by atoms with Crippen LogP contribution in [0.1, 0.15) is 11.8 Å². The first kappa shape index (κ1) is 12.3. The molecule has 0 saturated carbocycles. The molecule has 0 aliphatic rings. The fourth-order valence-electron chi connectivity index (χ4n) is 1.49. The second kappa shape index (κ2) is 4.58. The lowest BCUT2D eigenvalue weighted by Crippen LogP contribution is -2.02. The Balaban J connectivity index is 2.53. The van der Waals surface area contributed by atoms with Crippen LogP contribution in [0.4, 0.5) is 0 Å². The van der Waals surface area contributed by atoms with Gasteiger partial charge in [-0.25, -0.2) is 13.4 Å². The van der Waals surface area contributed by atoms with E-state index in [0.29, 0.717) is 0 Å². The lowest BCUT2D eigenvalue weighted by Gasteiger charge is -1.96. The number of thiazole rings is 1. The highest BCUT2D eigenvalue weighted by Crippen LogP contribution is 2.29. The summed E-state index contributed by atoms with van der Waals surface area (Å²) >= 11 is 1.24. The van der Waals surface area contributed by atoms with E-state index < -0.39 is 9.84 Å². The zero-order valence-electron chi connectivity index (χ0n) is 9.67. The van der Waals surface area contributed by atoms with E-state index in [2.05, 4.69) is 4.98 Å². The second-order valence-electron chi connectivity index (χ2n) is 3.65. The Morgan fingerprint density at radius 2 is 1.88 bits per heavy atom. The van der Waals surface area contributed by atoms with E-state index in [1.807, 2.05) is 37.3 Å². The third kappa shape index (κ3) is 2.40. The van der Waals surface area contributed by atoms with Gasteiger partial charge in [-0.05, 0) is 6.92 Å². The first-order valence-electron chi connectivity index (χ1n) is 5.30. The van der Waals surface area contributed by atoms with Gasteiger partial charge in [0.05, 0.1) is 11.4 Å². The van der Waals surface area contributed by atoms with Gasteiger partial charge >= 0.3 is 0 Å². The highest BCUT2D eigenvalue weighted by Gasteiger charge is 2.19. The van der Waals surface area contributed by atoms with Crippen molar-refractivity contribution in [2.45, 2.75) is 18.2 Å². The van der Waals surface area contributed by atoms with Gasteiger partial charge in [0.15, 0.2) is 0 Å². The van der Waals surface area contributed by atoms with Gasteiger partial charge in [0.2, 0.25) is 14.2 Å². The second-order valence-corrected chi connectivity index (χ2v) is 7.31. The van der Waals surface area contributed by atoms with Crippen LogP contribution < -0.4 is 0 Å². The first-order valence-corrected chi connectivity index (χ1v) is 7.77. The average molecular weight is 267 g/mol. The summed E-state index contributed by atoms with van der Waals surface area (Å²) in [5.74, 6) is 0.0915. The summed E-state index contributed by atoms with van der Waals surface area (Å²) in [6, 6.07) is 9.63. The van der Waals surface area contributed by atoms with E-state index in [1.165, 1.54) is 11.3 Å². The van der Waals surface area contributed by atoms with Crippen LogP contribution in [0.25, 0.3) is 11.3 Å². The highest BCUT2D eigenvalue weighted by atomic mass is 32.2. The van der Waals surface area contributed by atoms with Crippen molar-refractivity contribution in [3.8, 4) is 11.3 Å². The van der Waals surface area contributed by atoms with Gasteiger partial charge < -0.3 is 0 Å². The van der Waals surface area contributed by atoms with Gasteiger partial charge in [0.1, 0.15) is 0 Å². The fourth-order valence-corrected chi connectivity index (χ4v) is 3.87. The molecule has 0 unspecified atom stereocenters. The summed E-state index contributed by atoms with van der Waals surface area (Å²) in [6.45, 7) is 3.53. The smallest absolute Gasteiger partial charge is 0.210 e. The molecule has 3 nitrogen and oxygen atoms in total. The summed E-state index contributed by atoms with van der Waals surface area (Å²) in [5.41, 5.74) is 1.72. The minimum absolute atomic E-state index is 0.0915.